The fraction of sp³-hybridized carbons (Fsp3) is 0.429. The van der Waals surface area contributed by atoms with E-state index in [0.717, 1.165) is 25.9 Å². The number of nitrogens with one attached hydrogen (secondary N) is 2. The molecule has 0 aromatic heterocycles. The number of rotatable bonds is 3. The number of carbonyl (C=O) groups is 2. The SMILES string of the molecule is COC(=O)c1ccc(NC(=O)[C@@H]2CCCNC2)cc1.Cl. The Kier molecular flexibility index (Phi) is 6.48. The number of carbonyl (C=O) groups excluding carboxylic acids is 2. The molecule has 0 unspecified atom stereocenters. The Morgan fingerprint density at radius 2 is 2.00 bits per heavy atom. The van der Waals surface area contributed by atoms with Gasteiger partial charge in [-0.3, -0.25) is 4.79 Å². The van der Waals surface area contributed by atoms with Crippen molar-refractivity contribution in [3.8, 4) is 0 Å². The van der Waals surface area contributed by atoms with Crippen LogP contribution < -0.4 is 10.6 Å². The van der Waals surface area contributed by atoms with Crippen molar-refractivity contribution in [1.82, 2.24) is 5.32 Å². The molecule has 2 N–H and O–H groups in total. The van der Waals surface area contributed by atoms with Gasteiger partial charge in [0.2, 0.25) is 5.91 Å². The number of piperidine rings is 1. The number of benzene rings is 1. The van der Waals surface area contributed by atoms with E-state index in [9.17, 15) is 9.59 Å². The molecule has 1 atom stereocenters. The summed E-state index contributed by atoms with van der Waals surface area (Å²) in [6, 6.07) is 6.70. The summed E-state index contributed by atoms with van der Waals surface area (Å²) in [6.45, 7) is 1.71. The van der Waals surface area contributed by atoms with Gasteiger partial charge in [0.25, 0.3) is 0 Å². The topological polar surface area (TPSA) is 67.4 Å². The number of hydrogen-bond acceptors (Lipinski definition) is 4. The van der Waals surface area contributed by atoms with E-state index in [1.165, 1.54) is 7.11 Å². The van der Waals surface area contributed by atoms with Crippen molar-refractivity contribution in [1.29, 1.82) is 0 Å². The number of amides is 1. The normalized spacial score (nSPS) is 17.8. The van der Waals surface area contributed by atoms with Crippen LogP contribution in [0.5, 0.6) is 0 Å². The first-order chi connectivity index (χ1) is 9.20. The zero-order valence-corrected chi connectivity index (χ0v) is 12.2. The minimum Gasteiger partial charge on any atom is -0.465 e. The van der Waals surface area contributed by atoms with Crippen LogP contribution in [0.2, 0.25) is 0 Å². The first-order valence-corrected chi connectivity index (χ1v) is 6.40. The van der Waals surface area contributed by atoms with Crippen LogP contribution >= 0.6 is 12.4 Å². The van der Waals surface area contributed by atoms with Crippen LogP contribution in [0.25, 0.3) is 0 Å². The van der Waals surface area contributed by atoms with Crippen LogP contribution in [0.1, 0.15) is 23.2 Å². The lowest BCUT2D eigenvalue weighted by atomic mass is 9.99. The monoisotopic (exact) mass is 298 g/mol. The number of anilines is 1. The molecule has 0 saturated carbocycles. The van der Waals surface area contributed by atoms with Crippen LogP contribution in [0.3, 0.4) is 0 Å². The van der Waals surface area contributed by atoms with Gasteiger partial charge in [0.05, 0.1) is 18.6 Å². The maximum Gasteiger partial charge on any atom is 0.337 e. The van der Waals surface area contributed by atoms with Crippen molar-refractivity contribution in [2.75, 3.05) is 25.5 Å². The van der Waals surface area contributed by atoms with Gasteiger partial charge in [0.15, 0.2) is 0 Å². The van der Waals surface area contributed by atoms with Crippen molar-refractivity contribution in [2.45, 2.75) is 12.8 Å². The van der Waals surface area contributed by atoms with E-state index in [1.54, 1.807) is 24.3 Å². The first kappa shape index (κ1) is 16.5. The van der Waals surface area contributed by atoms with E-state index in [4.69, 9.17) is 0 Å². The second-order valence-corrected chi connectivity index (χ2v) is 4.60. The fourth-order valence-corrected chi connectivity index (χ4v) is 2.13. The van der Waals surface area contributed by atoms with E-state index in [2.05, 4.69) is 15.4 Å². The summed E-state index contributed by atoms with van der Waals surface area (Å²) in [4.78, 5) is 23.3. The summed E-state index contributed by atoms with van der Waals surface area (Å²) < 4.78 is 4.62. The molecule has 0 radical (unpaired) electrons. The van der Waals surface area contributed by atoms with Crippen LogP contribution in [0.15, 0.2) is 24.3 Å². The van der Waals surface area contributed by atoms with E-state index in [1.807, 2.05) is 0 Å². The van der Waals surface area contributed by atoms with Gasteiger partial charge in [-0.05, 0) is 43.7 Å². The molecule has 2 rings (SSSR count). The molecule has 1 aliphatic rings. The molecule has 0 bridgehead atoms. The zero-order chi connectivity index (χ0) is 13.7. The third-order valence-electron chi connectivity index (χ3n) is 3.24. The number of hydrogen-bond donors (Lipinski definition) is 2. The van der Waals surface area contributed by atoms with Gasteiger partial charge in [-0.1, -0.05) is 0 Å². The summed E-state index contributed by atoms with van der Waals surface area (Å²) in [6.07, 6.45) is 1.94. The van der Waals surface area contributed by atoms with Gasteiger partial charge in [-0.25, -0.2) is 4.79 Å². The Hall–Kier alpha value is -1.59. The maximum atomic E-state index is 12.0. The number of esters is 1. The third kappa shape index (κ3) is 4.21. The van der Waals surface area contributed by atoms with Crippen molar-refractivity contribution < 1.29 is 14.3 Å². The van der Waals surface area contributed by atoms with Gasteiger partial charge in [-0.15, -0.1) is 12.4 Å². The van der Waals surface area contributed by atoms with E-state index in [-0.39, 0.29) is 30.2 Å². The number of ether oxygens (including phenoxy) is 1. The zero-order valence-electron chi connectivity index (χ0n) is 11.3. The molecule has 20 heavy (non-hydrogen) atoms. The van der Waals surface area contributed by atoms with Crippen molar-refractivity contribution in [2.24, 2.45) is 5.92 Å². The summed E-state index contributed by atoms with van der Waals surface area (Å²) in [5, 5.41) is 6.08. The van der Waals surface area contributed by atoms with Crippen molar-refractivity contribution in [3.05, 3.63) is 29.8 Å². The van der Waals surface area contributed by atoms with Gasteiger partial charge in [0.1, 0.15) is 0 Å². The highest BCUT2D eigenvalue weighted by atomic mass is 35.5. The van der Waals surface area contributed by atoms with Gasteiger partial charge < -0.3 is 15.4 Å². The molecule has 1 amide bonds. The average molecular weight is 299 g/mol. The molecule has 1 saturated heterocycles. The lowest BCUT2D eigenvalue weighted by Gasteiger charge is -2.21. The highest BCUT2D eigenvalue weighted by Gasteiger charge is 2.20. The van der Waals surface area contributed by atoms with E-state index < -0.39 is 0 Å². The van der Waals surface area contributed by atoms with E-state index >= 15 is 0 Å². The summed E-state index contributed by atoms with van der Waals surface area (Å²) in [7, 11) is 1.34. The minimum absolute atomic E-state index is 0. The summed E-state index contributed by atoms with van der Waals surface area (Å²) in [5.74, 6) is -0.332. The van der Waals surface area contributed by atoms with Crippen molar-refractivity contribution in [3.63, 3.8) is 0 Å². The Morgan fingerprint density at radius 3 is 2.55 bits per heavy atom. The molecule has 0 aliphatic carbocycles. The summed E-state index contributed by atoms with van der Waals surface area (Å²) >= 11 is 0. The minimum atomic E-state index is -0.380. The second kappa shape index (κ2) is 7.87. The molecular weight excluding hydrogens is 280 g/mol. The Labute approximate surface area is 124 Å². The quantitative estimate of drug-likeness (QED) is 0.836. The fourth-order valence-electron chi connectivity index (χ4n) is 2.13. The molecule has 1 heterocycles. The number of methoxy groups -OCH3 is 1. The lowest BCUT2D eigenvalue weighted by molar-refractivity contribution is -0.120. The highest BCUT2D eigenvalue weighted by molar-refractivity contribution is 5.94. The van der Waals surface area contributed by atoms with Gasteiger partial charge in [-0.2, -0.15) is 0 Å². The largest absolute Gasteiger partial charge is 0.465 e. The predicted octanol–water partition coefficient (Wildman–Crippen LogP) is 1.83. The molecule has 1 aromatic rings. The van der Waals surface area contributed by atoms with Crippen LogP contribution in [-0.2, 0) is 9.53 Å². The lowest BCUT2D eigenvalue weighted by Crippen LogP contribution is -2.37. The van der Waals surface area contributed by atoms with Crippen molar-refractivity contribution >= 4 is 30.0 Å². The highest BCUT2D eigenvalue weighted by Crippen LogP contribution is 2.15. The first-order valence-electron chi connectivity index (χ1n) is 6.40. The third-order valence-corrected chi connectivity index (χ3v) is 3.24. The Bertz CT molecular complexity index is 456. The number of halogens is 1. The molecule has 6 heteroatoms. The Balaban J connectivity index is 0.00000200. The molecule has 5 nitrogen and oxygen atoms in total. The van der Waals surface area contributed by atoms with Gasteiger partial charge >= 0.3 is 5.97 Å². The molecule has 1 aromatic carbocycles. The standard InChI is InChI=1S/C14H18N2O3.ClH/c1-19-14(18)10-4-6-12(7-5-10)16-13(17)11-3-2-8-15-9-11;/h4-7,11,15H,2-3,8-9H2,1H3,(H,16,17);1H/t11-;/m1./s1. The second-order valence-electron chi connectivity index (χ2n) is 4.60. The molecular formula is C14H19ClN2O3. The van der Waals surface area contributed by atoms with Crippen LogP contribution in [0, 0.1) is 5.92 Å². The smallest absolute Gasteiger partial charge is 0.337 e. The molecule has 110 valence electrons. The predicted molar refractivity (Wildman–Crippen MR) is 79.3 cm³/mol. The van der Waals surface area contributed by atoms with Crippen LogP contribution in [0.4, 0.5) is 5.69 Å². The maximum absolute atomic E-state index is 12.0. The Morgan fingerprint density at radius 1 is 1.30 bits per heavy atom. The van der Waals surface area contributed by atoms with Crippen LogP contribution in [-0.4, -0.2) is 32.1 Å². The summed E-state index contributed by atoms with van der Waals surface area (Å²) in [5.41, 5.74) is 1.17. The molecule has 0 spiro atoms. The molecule has 1 fully saturated rings. The molecule has 1 aliphatic heterocycles. The van der Waals surface area contributed by atoms with E-state index in [0.29, 0.717) is 11.3 Å². The average Bonchev–Trinajstić information content (AvgIpc) is 2.48. The van der Waals surface area contributed by atoms with Gasteiger partial charge in [0, 0.05) is 12.2 Å².